The van der Waals surface area contributed by atoms with Gasteiger partial charge in [0.15, 0.2) is 0 Å². The number of nitrogens with zero attached hydrogens (tertiary/aromatic N) is 1. The fraction of sp³-hybridized carbons (Fsp3) is 0.273. The van der Waals surface area contributed by atoms with Crippen LogP contribution in [0.4, 0.5) is 0 Å². The molecule has 0 spiro atoms. The number of nitro groups is 1. The van der Waals surface area contributed by atoms with Crippen molar-refractivity contribution in [3.05, 3.63) is 50.7 Å². The topological polar surface area (TPSA) is 43.1 Å². The Labute approximate surface area is 83.2 Å². The summed E-state index contributed by atoms with van der Waals surface area (Å²) < 4.78 is 0. The van der Waals surface area contributed by atoms with E-state index in [9.17, 15) is 10.1 Å². The summed E-state index contributed by atoms with van der Waals surface area (Å²) in [5.41, 5.74) is 3.38. The fourth-order valence-electron chi connectivity index (χ4n) is 1.15. The van der Waals surface area contributed by atoms with E-state index in [-0.39, 0.29) is 10.6 Å². The second-order valence-electron chi connectivity index (χ2n) is 3.39. The summed E-state index contributed by atoms with van der Waals surface area (Å²) in [5, 5.41) is 10.4. The minimum Gasteiger partial charge on any atom is -0.259 e. The summed E-state index contributed by atoms with van der Waals surface area (Å²) >= 11 is 0. The third-order valence-corrected chi connectivity index (χ3v) is 2.19. The first-order chi connectivity index (χ1) is 6.50. The lowest BCUT2D eigenvalue weighted by atomic mass is 10.1. The van der Waals surface area contributed by atoms with Crippen molar-refractivity contribution in [3.63, 3.8) is 0 Å². The number of benzene rings is 1. The summed E-state index contributed by atoms with van der Waals surface area (Å²) in [6.07, 6.45) is 1.58. The lowest BCUT2D eigenvalue weighted by Gasteiger charge is -2.00. The molecule has 1 aromatic rings. The van der Waals surface area contributed by atoms with Crippen LogP contribution < -0.4 is 0 Å². The van der Waals surface area contributed by atoms with E-state index in [0.717, 1.165) is 11.1 Å². The standard InChI is InChI=1S/C11H13NO2/c1-8-4-5-11(6-9(8)2)7-10(3)12(13)14/h4-7H,1-3H3/b10-7+. The molecule has 3 heteroatoms. The van der Waals surface area contributed by atoms with Gasteiger partial charge in [0.05, 0.1) is 4.92 Å². The minimum absolute atomic E-state index is 0.160. The molecule has 0 bridgehead atoms. The molecule has 0 N–H and O–H groups in total. The Morgan fingerprint density at radius 1 is 1.36 bits per heavy atom. The Kier molecular flexibility index (Phi) is 3.02. The maximum Gasteiger partial charge on any atom is 0.243 e. The van der Waals surface area contributed by atoms with E-state index < -0.39 is 0 Å². The molecular weight excluding hydrogens is 178 g/mol. The van der Waals surface area contributed by atoms with Crippen molar-refractivity contribution < 1.29 is 4.92 Å². The van der Waals surface area contributed by atoms with Gasteiger partial charge in [-0.25, -0.2) is 0 Å². The van der Waals surface area contributed by atoms with Crippen LogP contribution in [0.3, 0.4) is 0 Å². The number of hydrogen-bond donors (Lipinski definition) is 0. The second-order valence-corrected chi connectivity index (χ2v) is 3.39. The molecule has 3 nitrogen and oxygen atoms in total. The van der Waals surface area contributed by atoms with Crippen LogP contribution in [0.25, 0.3) is 6.08 Å². The van der Waals surface area contributed by atoms with Crippen LogP contribution >= 0.6 is 0 Å². The average Bonchev–Trinajstić information content (AvgIpc) is 2.11. The molecule has 0 saturated heterocycles. The molecule has 0 unspecified atom stereocenters. The Hall–Kier alpha value is -1.64. The highest BCUT2D eigenvalue weighted by Crippen LogP contribution is 2.12. The Balaban J connectivity index is 3.04. The molecule has 0 aliphatic rings. The minimum atomic E-state index is -0.380. The van der Waals surface area contributed by atoms with Crippen LogP contribution in [0.5, 0.6) is 0 Å². The predicted molar refractivity (Wildman–Crippen MR) is 56.6 cm³/mol. The van der Waals surface area contributed by atoms with Crippen LogP contribution in [0, 0.1) is 24.0 Å². The van der Waals surface area contributed by atoms with E-state index in [2.05, 4.69) is 0 Å². The lowest BCUT2D eigenvalue weighted by molar-refractivity contribution is -0.422. The van der Waals surface area contributed by atoms with Crippen LogP contribution in [0.1, 0.15) is 23.6 Å². The predicted octanol–water partition coefficient (Wildman–Crippen LogP) is 2.94. The van der Waals surface area contributed by atoms with Crippen LogP contribution in [-0.4, -0.2) is 4.92 Å². The van der Waals surface area contributed by atoms with Gasteiger partial charge in [-0.1, -0.05) is 18.2 Å². The van der Waals surface area contributed by atoms with Gasteiger partial charge >= 0.3 is 0 Å². The lowest BCUT2D eigenvalue weighted by Crippen LogP contribution is -1.93. The number of hydrogen-bond acceptors (Lipinski definition) is 2. The number of rotatable bonds is 2. The molecule has 0 amide bonds. The van der Waals surface area contributed by atoms with Crippen molar-refractivity contribution in [1.29, 1.82) is 0 Å². The molecule has 0 radical (unpaired) electrons. The summed E-state index contributed by atoms with van der Waals surface area (Å²) in [5.74, 6) is 0. The summed E-state index contributed by atoms with van der Waals surface area (Å²) in [6.45, 7) is 5.51. The first-order valence-electron chi connectivity index (χ1n) is 4.40. The van der Waals surface area contributed by atoms with Crippen molar-refractivity contribution in [1.82, 2.24) is 0 Å². The van der Waals surface area contributed by atoms with Crippen molar-refractivity contribution >= 4 is 6.08 Å². The molecule has 14 heavy (non-hydrogen) atoms. The highest BCUT2D eigenvalue weighted by molar-refractivity contribution is 5.52. The monoisotopic (exact) mass is 191 g/mol. The van der Waals surface area contributed by atoms with E-state index in [1.165, 1.54) is 12.5 Å². The van der Waals surface area contributed by atoms with Gasteiger partial charge in [0.2, 0.25) is 5.70 Å². The molecular formula is C11H13NO2. The van der Waals surface area contributed by atoms with Crippen LogP contribution in [-0.2, 0) is 0 Å². The van der Waals surface area contributed by atoms with Crippen molar-refractivity contribution in [3.8, 4) is 0 Å². The average molecular weight is 191 g/mol. The van der Waals surface area contributed by atoms with Gasteiger partial charge in [0.25, 0.3) is 0 Å². The summed E-state index contributed by atoms with van der Waals surface area (Å²) in [7, 11) is 0. The zero-order valence-electron chi connectivity index (χ0n) is 8.57. The molecule has 74 valence electrons. The van der Waals surface area contributed by atoms with E-state index >= 15 is 0 Å². The van der Waals surface area contributed by atoms with Crippen molar-refractivity contribution in [2.24, 2.45) is 0 Å². The maximum atomic E-state index is 10.4. The quantitative estimate of drug-likeness (QED) is 0.532. The Bertz CT molecular complexity index is 394. The summed E-state index contributed by atoms with van der Waals surface area (Å²) in [4.78, 5) is 10.0. The highest BCUT2D eigenvalue weighted by atomic mass is 16.6. The van der Waals surface area contributed by atoms with Gasteiger partial charge < -0.3 is 0 Å². The molecule has 0 atom stereocenters. The highest BCUT2D eigenvalue weighted by Gasteiger charge is 2.02. The van der Waals surface area contributed by atoms with E-state index in [0.29, 0.717) is 0 Å². The Morgan fingerprint density at radius 2 is 2.00 bits per heavy atom. The van der Waals surface area contributed by atoms with Gasteiger partial charge in [-0.2, -0.15) is 0 Å². The largest absolute Gasteiger partial charge is 0.259 e. The second kappa shape index (κ2) is 4.05. The smallest absolute Gasteiger partial charge is 0.243 e. The third-order valence-electron chi connectivity index (χ3n) is 2.19. The molecule has 0 heterocycles. The van der Waals surface area contributed by atoms with Crippen molar-refractivity contribution in [2.75, 3.05) is 0 Å². The van der Waals surface area contributed by atoms with Crippen LogP contribution in [0.2, 0.25) is 0 Å². The first kappa shape index (κ1) is 10.4. The van der Waals surface area contributed by atoms with Crippen LogP contribution in [0.15, 0.2) is 23.9 Å². The molecule has 0 aliphatic heterocycles. The van der Waals surface area contributed by atoms with E-state index in [1.807, 2.05) is 32.0 Å². The van der Waals surface area contributed by atoms with Gasteiger partial charge in [-0.05, 0) is 30.5 Å². The molecule has 0 aliphatic carbocycles. The number of aryl methyl sites for hydroxylation is 2. The molecule has 1 aromatic carbocycles. The van der Waals surface area contributed by atoms with Gasteiger partial charge in [-0.3, -0.25) is 10.1 Å². The Morgan fingerprint density at radius 3 is 2.50 bits per heavy atom. The molecule has 0 saturated carbocycles. The van der Waals surface area contributed by atoms with Gasteiger partial charge in [0, 0.05) is 13.0 Å². The molecule has 1 rings (SSSR count). The normalized spacial score (nSPS) is 11.5. The molecule has 0 fully saturated rings. The fourth-order valence-corrected chi connectivity index (χ4v) is 1.15. The third kappa shape index (κ3) is 2.42. The zero-order valence-corrected chi connectivity index (χ0v) is 8.57. The maximum absolute atomic E-state index is 10.4. The zero-order chi connectivity index (χ0) is 10.7. The van der Waals surface area contributed by atoms with Gasteiger partial charge in [-0.15, -0.1) is 0 Å². The summed E-state index contributed by atoms with van der Waals surface area (Å²) in [6, 6.07) is 5.80. The SMILES string of the molecule is C/C(=C\c1ccc(C)c(C)c1)[N+](=O)[O-]. The first-order valence-corrected chi connectivity index (χ1v) is 4.40. The van der Waals surface area contributed by atoms with Gasteiger partial charge in [0.1, 0.15) is 0 Å². The van der Waals surface area contributed by atoms with E-state index in [4.69, 9.17) is 0 Å². The van der Waals surface area contributed by atoms with Crippen molar-refractivity contribution in [2.45, 2.75) is 20.8 Å². The molecule has 0 aromatic heterocycles. The number of allylic oxidation sites excluding steroid dienone is 1. The van der Waals surface area contributed by atoms with E-state index in [1.54, 1.807) is 6.08 Å².